The van der Waals surface area contributed by atoms with E-state index in [-0.39, 0.29) is 0 Å². The molecule has 2 rings (SSSR count). The van der Waals surface area contributed by atoms with E-state index < -0.39 is 0 Å². The Balaban J connectivity index is 1.77. The number of rotatable bonds is 4. The molecule has 2 heteroatoms. The third-order valence-electron chi connectivity index (χ3n) is 2.99. The molecule has 1 saturated carbocycles. The zero-order valence-corrected chi connectivity index (χ0v) is 8.53. The number of hydrogen-bond acceptors (Lipinski definition) is 2. The first-order chi connectivity index (χ1) is 6.77. The molecule has 14 heavy (non-hydrogen) atoms. The van der Waals surface area contributed by atoms with Crippen LogP contribution in [0.5, 0.6) is 5.75 Å². The molecule has 0 bridgehead atoms. The van der Waals surface area contributed by atoms with E-state index in [1.165, 1.54) is 6.42 Å². The zero-order chi connectivity index (χ0) is 9.97. The van der Waals surface area contributed by atoms with Crippen molar-refractivity contribution in [1.82, 2.24) is 5.32 Å². The van der Waals surface area contributed by atoms with Crippen LogP contribution in [-0.2, 0) is 6.54 Å². The molecule has 2 nitrogen and oxygen atoms in total. The van der Waals surface area contributed by atoms with Gasteiger partial charge >= 0.3 is 0 Å². The Morgan fingerprint density at radius 1 is 1.43 bits per heavy atom. The fourth-order valence-corrected chi connectivity index (χ4v) is 1.74. The smallest absolute Gasteiger partial charge is 0.120 e. The van der Waals surface area contributed by atoms with Gasteiger partial charge in [0, 0.05) is 12.1 Å². The van der Waals surface area contributed by atoms with Crippen LogP contribution < -0.4 is 5.32 Å². The van der Waals surface area contributed by atoms with Crippen LogP contribution in [0.2, 0.25) is 0 Å². The molecule has 1 fully saturated rings. The van der Waals surface area contributed by atoms with Gasteiger partial charge in [-0.05, 0) is 30.9 Å². The van der Waals surface area contributed by atoms with Gasteiger partial charge in [-0.3, -0.25) is 0 Å². The van der Waals surface area contributed by atoms with Crippen LogP contribution in [0, 0.1) is 11.8 Å². The highest BCUT2D eigenvalue weighted by molar-refractivity contribution is 5.31. The first-order valence-electron chi connectivity index (χ1n) is 5.25. The van der Waals surface area contributed by atoms with E-state index in [0.29, 0.717) is 5.75 Å². The Hall–Kier alpha value is -1.02. The average Bonchev–Trinajstić information content (AvgIpc) is 2.86. The molecule has 2 atom stereocenters. The molecule has 1 aliphatic carbocycles. The Kier molecular flexibility index (Phi) is 2.73. The second-order valence-corrected chi connectivity index (χ2v) is 4.23. The molecule has 0 radical (unpaired) electrons. The molecule has 0 aliphatic heterocycles. The summed E-state index contributed by atoms with van der Waals surface area (Å²) in [6, 6.07) is 7.49. The van der Waals surface area contributed by atoms with Gasteiger partial charge in [0.2, 0.25) is 0 Å². The molecule has 0 spiro atoms. The fraction of sp³-hybridized carbons (Fsp3) is 0.500. The van der Waals surface area contributed by atoms with Gasteiger partial charge in [-0.15, -0.1) is 0 Å². The average molecular weight is 191 g/mol. The minimum Gasteiger partial charge on any atom is -0.508 e. The van der Waals surface area contributed by atoms with Crippen LogP contribution in [0.1, 0.15) is 18.9 Å². The lowest BCUT2D eigenvalue weighted by Gasteiger charge is -2.05. The van der Waals surface area contributed by atoms with Crippen molar-refractivity contribution < 1.29 is 5.11 Å². The Morgan fingerprint density at radius 3 is 2.79 bits per heavy atom. The minimum atomic E-state index is 0.392. The highest BCUT2D eigenvalue weighted by atomic mass is 16.3. The maximum Gasteiger partial charge on any atom is 0.120 e. The van der Waals surface area contributed by atoms with Crippen molar-refractivity contribution in [3.63, 3.8) is 0 Å². The summed E-state index contributed by atoms with van der Waals surface area (Å²) in [6.07, 6.45) is 1.35. The molecular weight excluding hydrogens is 174 g/mol. The SMILES string of the molecule is CC1CC1CNCc1ccccc1O. The van der Waals surface area contributed by atoms with Gasteiger partial charge in [-0.1, -0.05) is 25.1 Å². The van der Waals surface area contributed by atoms with Gasteiger partial charge in [0.25, 0.3) is 0 Å². The monoisotopic (exact) mass is 191 g/mol. The molecular formula is C12H17NO. The van der Waals surface area contributed by atoms with Gasteiger partial charge in [0.05, 0.1) is 0 Å². The van der Waals surface area contributed by atoms with Gasteiger partial charge in [0.15, 0.2) is 0 Å². The van der Waals surface area contributed by atoms with Gasteiger partial charge < -0.3 is 10.4 Å². The summed E-state index contributed by atoms with van der Waals surface area (Å²) in [5.41, 5.74) is 0.987. The van der Waals surface area contributed by atoms with E-state index in [1.807, 2.05) is 18.2 Å². The van der Waals surface area contributed by atoms with Crippen molar-refractivity contribution in [2.45, 2.75) is 19.9 Å². The van der Waals surface area contributed by atoms with E-state index in [0.717, 1.165) is 30.5 Å². The van der Waals surface area contributed by atoms with Crippen molar-refractivity contribution in [3.05, 3.63) is 29.8 Å². The molecule has 0 amide bonds. The molecule has 76 valence electrons. The predicted octanol–water partition coefficient (Wildman–Crippen LogP) is 2.14. The molecule has 0 heterocycles. The summed E-state index contributed by atoms with van der Waals surface area (Å²) in [4.78, 5) is 0. The maximum absolute atomic E-state index is 9.50. The van der Waals surface area contributed by atoms with Crippen LogP contribution >= 0.6 is 0 Å². The highest BCUT2D eigenvalue weighted by Gasteiger charge is 2.31. The number of benzene rings is 1. The van der Waals surface area contributed by atoms with E-state index >= 15 is 0 Å². The third kappa shape index (κ3) is 2.26. The maximum atomic E-state index is 9.50. The Bertz CT molecular complexity index is 311. The summed E-state index contributed by atoms with van der Waals surface area (Å²) < 4.78 is 0. The standard InChI is InChI=1S/C12H17NO/c1-9-6-11(9)8-13-7-10-4-2-3-5-12(10)14/h2-5,9,11,13-14H,6-8H2,1H3. The Morgan fingerprint density at radius 2 is 2.14 bits per heavy atom. The largest absolute Gasteiger partial charge is 0.508 e. The summed E-state index contributed by atoms with van der Waals surface area (Å²) in [6.45, 7) is 4.14. The van der Waals surface area contributed by atoms with Crippen LogP contribution in [-0.4, -0.2) is 11.7 Å². The van der Waals surface area contributed by atoms with Crippen molar-refractivity contribution in [2.24, 2.45) is 11.8 Å². The van der Waals surface area contributed by atoms with Crippen LogP contribution in [0.3, 0.4) is 0 Å². The minimum absolute atomic E-state index is 0.392. The van der Waals surface area contributed by atoms with E-state index in [2.05, 4.69) is 12.2 Å². The number of hydrogen-bond donors (Lipinski definition) is 2. The molecule has 1 aromatic carbocycles. The number of phenols is 1. The third-order valence-corrected chi connectivity index (χ3v) is 2.99. The van der Waals surface area contributed by atoms with E-state index in [1.54, 1.807) is 6.07 Å². The summed E-state index contributed by atoms with van der Waals surface area (Å²) in [5, 5.41) is 12.9. The lowest BCUT2D eigenvalue weighted by molar-refractivity contribution is 0.463. The highest BCUT2D eigenvalue weighted by Crippen LogP contribution is 2.36. The van der Waals surface area contributed by atoms with Gasteiger partial charge in [-0.25, -0.2) is 0 Å². The van der Waals surface area contributed by atoms with Crippen LogP contribution in [0.25, 0.3) is 0 Å². The topological polar surface area (TPSA) is 32.3 Å². The van der Waals surface area contributed by atoms with Gasteiger partial charge in [0.1, 0.15) is 5.75 Å². The molecule has 0 aromatic heterocycles. The molecule has 1 aromatic rings. The van der Waals surface area contributed by atoms with E-state index in [9.17, 15) is 5.11 Å². The second-order valence-electron chi connectivity index (χ2n) is 4.23. The lowest BCUT2D eigenvalue weighted by atomic mass is 10.2. The number of aromatic hydroxyl groups is 1. The number of phenolic OH excluding ortho intramolecular Hbond substituents is 1. The molecule has 1 aliphatic rings. The second kappa shape index (κ2) is 4.01. The normalized spacial score (nSPS) is 24.9. The van der Waals surface area contributed by atoms with Crippen molar-refractivity contribution in [2.75, 3.05) is 6.54 Å². The number of nitrogens with one attached hydrogen (secondary N) is 1. The zero-order valence-electron chi connectivity index (χ0n) is 8.53. The Labute approximate surface area is 85.0 Å². The summed E-state index contributed by atoms with van der Waals surface area (Å²) in [5.74, 6) is 2.15. The molecule has 0 saturated heterocycles. The van der Waals surface area contributed by atoms with Gasteiger partial charge in [-0.2, -0.15) is 0 Å². The summed E-state index contributed by atoms with van der Waals surface area (Å²) in [7, 11) is 0. The lowest BCUT2D eigenvalue weighted by Crippen LogP contribution is -2.16. The van der Waals surface area contributed by atoms with Crippen LogP contribution in [0.15, 0.2) is 24.3 Å². The summed E-state index contributed by atoms with van der Waals surface area (Å²) >= 11 is 0. The van der Waals surface area contributed by atoms with Crippen molar-refractivity contribution in [1.29, 1.82) is 0 Å². The predicted molar refractivity (Wildman–Crippen MR) is 57.1 cm³/mol. The quantitative estimate of drug-likeness (QED) is 0.764. The first kappa shape index (κ1) is 9.53. The van der Waals surface area contributed by atoms with Crippen molar-refractivity contribution >= 4 is 0 Å². The fourth-order valence-electron chi connectivity index (χ4n) is 1.74. The molecule has 2 unspecified atom stereocenters. The number of para-hydroxylation sites is 1. The first-order valence-corrected chi connectivity index (χ1v) is 5.25. The van der Waals surface area contributed by atoms with E-state index in [4.69, 9.17) is 0 Å². The van der Waals surface area contributed by atoms with Crippen LogP contribution in [0.4, 0.5) is 0 Å². The van der Waals surface area contributed by atoms with Crippen molar-refractivity contribution in [3.8, 4) is 5.75 Å². The molecule has 2 N–H and O–H groups in total.